The summed E-state index contributed by atoms with van der Waals surface area (Å²) in [4.78, 5) is 24.6. The largest absolute Gasteiger partial charge is 0.467 e. The lowest BCUT2D eigenvalue weighted by molar-refractivity contribution is 0.102. The SMILES string of the molecule is Cc1ccc(S(C)(=O)=O)cc1C(=O)Nc1ccc(NC(=O)NCc2ccco2)cc1. The van der Waals surface area contributed by atoms with Gasteiger partial charge < -0.3 is 20.4 Å². The zero-order chi connectivity index (χ0) is 21.7. The Balaban J connectivity index is 1.61. The Kier molecular flexibility index (Phi) is 6.22. The Morgan fingerprint density at radius 1 is 0.967 bits per heavy atom. The van der Waals surface area contributed by atoms with Gasteiger partial charge >= 0.3 is 6.03 Å². The topological polar surface area (TPSA) is 118 Å². The maximum Gasteiger partial charge on any atom is 0.319 e. The molecule has 0 saturated heterocycles. The van der Waals surface area contributed by atoms with Crippen molar-refractivity contribution in [1.82, 2.24) is 5.32 Å². The van der Waals surface area contributed by atoms with Crippen molar-refractivity contribution in [1.29, 1.82) is 0 Å². The molecule has 0 aliphatic carbocycles. The number of nitrogens with one attached hydrogen (secondary N) is 3. The second-order valence-corrected chi connectivity index (χ2v) is 8.68. The van der Waals surface area contributed by atoms with Crippen LogP contribution in [0, 0.1) is 6.92 Å². The first-order valence-corrected chi connectivity index (χ1v) is 10.9. The van der Waals surface area contributed by atoms with Crippen LogP contribution in [0.1, 0.15) is 21.7 Å². The van der Waals surface area contributed by atoms with Gasteiger partial charge in [0.1, 0.15) is 5.76 Å². The number of anilines is 2. The Morgan fingerprint density at radius 3 is 2.23 bits per heavy atom. The van der Waals surface area contributed by atoms with Crippen molar-refractivity contribution in [3.63, 3.8) is 0 Å². The quantitative estimate of drug-likeness (QED) is 0.556. The van der Waals surface area contributed by atoms with Crippen molar-refractivity contribution >= 4 is 33.2 Å². The van der Waals surface area contributed by atoms with Gasteiger partial charge in [0.15, 0.2) is 9.84 Å². The van der Waals surface area contributed by atoms with Gasteiger partial charge in [0.25, 0.3) is 5.91 Å². The molecule has 0 aliphatic rings. The molecule has 0 saturated carbocycles. The molecular formula is C21H21N3O5S. The summed E-state index contributed by atoms with van der Waals surface area (Å²) >= 11 is 0. The zero-order valence-electron chi connectivity index (χ0n) is 16.4. The van der Waals surface area contributed by atoms with Crippen LogP contribution in [0.3, 0.4) is 0 Å². The summed E-state index contributed by atoms with van der Waals surface area (Å²) in [6.07, 6.45) is 2.62. The molecule has 156 valence electrons. The van der Waals surface area contributed by atoms with Crippen LogP contribution < -0.4 is 16.0 Å². The molecule has 0 bridgehead atoms. The van der Waals surface area contributed by atoms with Crippen LogP contribution in [0.25, 0.3) is 0 Å². The van der Waals surface area contributed by atoms with E-state index in [1.165, 1.54) is 18.4 Å². The lowest BCUT2D eigenvalue weighted by Gasteiger charge is -2.11. The van der Waals surface area contributed by atoms with E-state index in [9.17, 15) is 18.0 Å². The number of sulfone groups is 1. The Morgan fingerprint density at radius 2 is 1.63 bits per heavy atom. The van der Waals surface area contributed by atoms with Gasteiger partial charge in [0.2, 0.25) is 0 Å². The minimum atomic E-state index is -3.42. The number of hydrogen-bond acceptors (Lipinski definition) is 5. The number of aryl methyl sites for hydroxylation is 1. The first-order chi connectivity index (χ1) is 14.2. The second-order valence-electron chi connectivity index (χ2n) is 6.67. The fourth-order valence-corrected chi connectivity index (χ4v) is 3.31. The number of hydrogen-bond donors (Lipinski definition) is 3. The molecule has 3 amide bonds. The van der Waals surface area contributed by atoms with Gasteiger partial charge in [-0.25, -0.2) is 13.2 Å². The van der Waals surface area contributed by atoms with Crippen molar-refractivity contribution in [3.05, 3.63) is 77.7 Å². The third kappa shape index (κ3) is 5.48. The summed E-state index contributed by atoms with van der Waals surface area (Å²) in [6, 6.07) is 14.1. The zero-order valence-corrected chi connectivity index (χ0v) is 17.2. The van der Waals surface area contributed by atoms with Crippen LogP contribution >= 0.6 is 0 Å². The van der Waals surface area contributed by atoms with Crippen molar-refractivity contribution in [2.75, 3.05) is 16.9 Å². The van der Waals surface area contributed by atoms with Crippen LogP contribution in [0.15, 0.2) is 70.2 Å². The summed E-state index contributed by atoms with van der Waals surface area (Å²) in [5, 5.41) is 8.07. The Bertz CT molecular complexity index is 1150. The van der Waals surface area contributed by atoms with Crippen molar-refractivity contribution in [3.8, 4) is 0 Å². The first-order valence-electron chi connectivity index (χ1n) is 9.02. The lowest BCUT2D eigenvalue weighted by Crippen LogP contribution is -2.27. The molecule has 0 radical (unpaired) electrons. The molecule has 0 aliphatic heterocycles. The van der Waals surface area contributed by atoms with E-state index in [0.717, 1.165) is 6.26 Å². The smallest absolute Gasteiger partial charge is 0.319 e. The van der Waals surface area contributed by atoms with Gasteiger partial charge in [-0.3, -0.25) is 4.79 Å². The van der Waals surface area contributed by atoms with E-state index in [-0.39, 0.29) is 17.0 Å². The summed E-state index contributed by atoms with van der Waals surface area (Å²) in [7, 11) is -3.42. The van der Waals surface area contributed by atoms with Crippen molar-refractivity contribution in [2.24, 2.45) is 0 Å². The number of rotatable bonds is 6. The molecule has 0 atom stereocenters. The third-order valence-electron chi connectivity index (χ3n) is 4.29. The van der Waals surface area contributed by atoms with Crippen molar-refractivity contribution in [2.45, 2.75) is 18.4 Å². The van der Waals surface area contributed by atoms with Crippen LogP contribution in [0.2, 0.25) is 0 Å². The van der Waals surface area contributed by atoms with Gasteiger partial charge in [-0.05, 0) is 61.0 Å². The van der Waals surface area contributed by atoms with E-state index in [1.54, 1.807) is 49.4 Å². The standard InChI is InChI=1S/C21H21N3O5S/c1-14-5-10-18(30(2,27)28)12-19(14)20(25)23-15-6-8-16(9-7-15)24-21(26)22-13-17-4-3-11-29-17/h3-12H,13H2,1-2H3,(H,23,25)(H2,22,24,26). The molecule has 2 aromatic carbocycles. The number of benzene rings is 2. The average Bonchev–Trinajstić information content (AvgIpc) is 3.21. The molecule has 3 rings (SSSR count). The van der Waals surface area contributed by atoms with Crippen LogP contribution in [-0.4, -0.2) is 26.6 Å². The number of furan rings is 1. The van der Waals surface area contributed by atoms with E-state index >= 15 is 0 Å². The maximum atomic E-state index is 12.6. The van der Waals surface area contributed by atoms with Gasteiger partial charge in [-0.1, -0.05) is 6.07 Å². The minimum absolute atomic E-state index is 0.0818. The normalized spacial score (nSPS) is 11.0. The molecule has 1 aromatic heterocycles. The highest BCUT2D eigenvalue weighted by Crippen LogP contribution is 2.19. The van der Waals surface area contributed by atoms with Gasteiger partial charge in [0, 0.05) is 23.2 Å². The Labute approximate surface area is 174 Å². The fourth-order valence-electron chi connectivity index (χ4n) is 2.67. The predicted octanol–water partition coefficient (Wildman–Crippen LogP) is 3.57. The number of carbonyl (C=O) groups is 2. The molecule has 8 nitrogen and oxygen atoms in total. The Hall–Kier alpha value is -3.59. The molecule has 3 aromatic rings. The van der Waals surface area contributed by atoms with E-state index in [0.29, 0.717) is 22.7 Å². The molecule has 0 unspecified atom stereocenters. The molecular weight excluding hydrogens is 406 g/mol. The predicted molar refractivity (Wildman–Crippen MR) is 113 cm³/mol. The van der Waals surface area contributed by atoms with E-state index in [4.69, 9.17) is 4.42 Å². The highest BCUT2D eigenvalue weighted by atomic mass is 32.2. The lowest BCUT2D eigenvalue weighted by atomic mass is 10.1. The molecule has 30 heavy (non-hydrogen) atoms. The number of amides is 3. The monoisotopic (exact) mass is 427 g/mol. The first kappa shape index (κ1) is 21.1. The minimum Gasteiger partial charge on any atom is -0.467 e. The van der Waals surface area contributed by atoms with Crippen molar-refractivity contribution < 1.29 is 22.4 Å². The van der Waals surface area contributed by atoms with Crippen LogP contribution in [0.5, 0.6) is 0 Å². The molecule has 0 spiro atoms. The van der Waals surface area contributed by atoms with Gasteiger partial charge in [-0.2, -0.15) is 0 Å². The highest BCUT2D eigenvalue weighted by molar-refractivity contribution is 7.90. The highest BCUT2D eigenvalue weighted by Gasteiger charge is 2.15. The molecule has 0 fully saturated rings. The average molecular weight is 427 g/mol. The molecule has 1 heterocycles. The second kappa shape index (κ2) is 8.83. The number of urea groups is 1. The van der Waals surface area contributed by atoms with E-state index < -0.39 is 21.8 Å². The van der Waals surface area contributed by atoms with E-state index in [1.807, 2.05) is 0 Å². The maximum absolute atomic E-state index is 12.6. The molecule has 9 heteroatoms. The summed E-state index contributed by atoms with van der Waals surface area (Å²) in [6.45, 7) is 1.99. The summed E-state index contributed by atoms with van der Waals surface area (Å²) in [5.41, 5.74) is 1.98. The molecule has 3 N–H and O–H groups in total. The van der Waals surface area contributed by atoms with Gasteiger partial charge in [0.05, 0.1) is 17.7 Å². The van der Waals surface area contributed by atoms with Crippen LogP contribution in [-0.2, 0) is 16.4 Å². The van der Waals surface area contributed by atoms with Crippen LogP contribution in [0.4, 0.5) is 16.2 Å². The fraction of sp³-hybridized carbons (Fsp3) is 0.143. The summed E-state index contributed by atoms with van der Waals surface area (Å²) in [5.74, 6) is 0.216. The third-order valence-corrected chi connectivity index (χ3v) is 5.40. The number of carbonyl (C=O) groups excluding carboxylic acids is 2. The van der Waals surface area contributed by atoms with Gasteiger partial charge in [-0.15, -0.1) is 0 Å². The van der Waals surface area contributed by atoms with E-state index in [2.05, 4.69) is 16.0 Å². The summed E-state index contributed by atoms with van der Waals surface area (Å²) < 4.78 is 28.6.